The topological polar surface area (TPSA) is 67.8 Å². The first-order valence-electron chi connectivity index (χ1n) is 6.79. The van der Waals surface area contributed by atoms with E-state index in [9.17, 15) is 9.90 Å². The van der Waals surface area contributed by atoms with Crippen LogP contribution in [0, 0.1) is 0 Å². The fourth-order valence-electron chi connectivity index (χ4n) is 1.68. The van der Waals surface area contributed by atoms with Crippen molar-refractivity contribution < 1.29 is 19.4 Å². The maximum absolute atomic E-state index is 11.7. The van der Waals surface area contributed by atoms with Crippen LogP contribution in [-0.4, -0.2) is 37.4 Å². The number of ether oxygens (including phenoxy) is 2. The molecular formula is C15H23NO4. The Morgan fingerprint density at radius 1 is 1.35 bits per heavy atom. The molecule has 0 saturated heterocycles. The lowest BCUT2D eigenvalue weighted by Crippen LogP contribution is -2.37. The van der Waals surface area contributed by atoms with E-state index in [0.29, 0.717) is 25.3 Å². The maximum atomic E-state index is 11.7. The van der Waals surface area contributed by atoms with Gasteiger partial charge in [0.15, 0.2) is 6.10 Å². The number of methoxy groups -OCH3 is 1. The summed E-state index contributed by atoms with van der Waals surface area (Å²) in [5.74, 6) is 0.422. The number of carbonyl (C=O) groups excluding carboxylic acids is 1. The van der Waals surface area contributed by atoms with Crippen molar-refractivity contribution in [1.82, 2.24) is 5.32 Å². The molecule has 0 aliphatic rings. The molecule has 0 spiro atoms. The second-order valence-electron chi connectivity index (χ2n) is 4.54. The third-order valence-corrected chi connectivity index (χ3v) is 2.94. The zero-order valence-electron chi connectivity index (χ0n) is 12.3. The molecule has 0 aliphatic heterocycles. The molecule has 0 aromatic heterocycles. The Balaban J connectivity index is 2.49. The Morgan fingerprint density at radius 2 is 2.00 bits per heavy atom. The maximum Gasteiger partial charge on any atom is 0.260 e. The Hall–Kier alpha value is -1.59. The van der Waals surface area contributed by atoms with E-state index in [1.165, 1.54) is 0 Å². The smallest absolute Gasteiger partial charge is 0.260 e. The van der Waals surface area contributed by atoms with E-state index >= 15 is 0 Å². The van der Waals surface area contributed by atoms with Gasteiger partial charge in [-0.1, -0.05) is 19.1 Å². The van der Waals surface area contributed by atoms with Crippen LogP contribution in [-0.2, 0) is 9.53 Å². The molecule has 112 valence electrons. The molecule has 2 unspecified atom stereocenters. The summed E-state index contributed by atoms with van der Waals surface area (Å²) >= 11 is 0. The second-order valence-corrected chi connectivity index (χ2v) is 4.54. The first kappa shape index (κ1) is 16.5. The van der Waals surface area contributed by atoms with Crippen molar-refractivity contribution in [3.8, 4) is 5.75 Å². The minimum absolute atomic E-state index is 0.181. The molecule has 5 nitrogen and oxygen atoms in total. The third kappa shape index (κ3) is 5.19. The highest BCUT2D eigenvalue weighted by molar-refractivity contribution is 5.80. The number of hydrogen-bond donors (Lipinski definition) is 2. The number of amides is 1. The molecule has 0 saturated carbocycles. The minimum atomic E-state index is -0.575. The van der Waals surface area contributed by atoms with Gasteiger partial charge < -0.3 is 19.9 Å². The number of hydrogen-bond acceptors (Lipinski definition) is 4. The van der Waals surface area contributed by atoms with Gasteiger partial charge in [0.1, 0.15) is 5.75 Å². The molecule has 1 aromatic rings. The zero-order chi connectivity index (χ0) is 15.0. The Morgan fingerprint density at radius 3 is 2.55 bits per heavy atom. The SMILES string of the molecule is CCC(O)c1ccc(OC(C)C(=O)NCCOC)cc1. The van der Waals surface area contributed by atoms with E-state index < -0.39 is 12.2 Å². The highest BCUT2D eigenvalue weighted by Crippen LogP contribution is 2.20. The third-order valence-electron chi connectivity index (χ3n) is 2.94. The molecule has 1 aromatic carbocycles. The average Bonchev–Trinajstić information content (AvgIpc) is 2.47. The fourth-order valence-corrected chi connectivity index (χ4v) is 1.68. The lowest BCUT2D eigenvalue weighted by atomic mass is 10.1. The first-order chi connectivity index (χ1) is 9.58. The summed E-state index contributed by atoms with van der Waals surface area (Å²) in [5, 5.41) is 12.4. The van der Waals surface area contributed by atoms with Gasteiger partial charge in [-0.25, -0.2) is 0 Å². The predicted molar refractivity (Wildman–Crippen MR) is 76.7 cm³/mol. The number of carbonyl (C=O) groups is 1. The van der Waals surface area contributed by atoms with Crippen LogP contribution in [0.2, 0.25) is 0 Å². The molecule has 0 bridgehead atoms. The summed E-state index contributed by atoms with van der Waals surface area (Å²) in [5.41, 5.74) is 0.844. The standard InChI is InChI=1S/C15H23NO4/c1-4-14(17)12-5-7-13(8-6-12)20-11(2)15(18)16-9-10-19-3/h5-8,11,14,17H,4,9-10H2,1-3H3,(H,16,18). The zero-order valence-corrected chi connectivity index (χ0v) is 12.3. The van der Waals surface area contributed by atoms with Gasteiger partial charge in [-0.3, -0.25) is 4.79 Å². The van der Waals surface area contributed by atoms with Crippen LogP contribution in [0.15, 0.2) is 24.3 Å². The van der Waals surface area contributed by atoms with E-state index in [2.05, 4.69) is 5.32 Å². The minimum Gasteiger partial charge on any atom is -0.481 e. The van der Waals surface area contributed by atoms with E-state index in [4.69, 9.17) is 9.47 Å². The van der Waals surface area contributed by atoms with Crippen LogP contribution >= 0.6 is 0 Å². The second kappa shape index (κ2) is 8.55. The van der Waals surface area contributed by atoms with Gasteiger partial charge in [0.05, 0.1) is 12.7 Å². The Labute approximate surface area is 119 Å². The Kier molecular flexibility index (Phi) is 7.04. The van der Waals surface area contributed by atoms with Crippen LogP contribution in [0.1, 0.15) is 31.9 Å². The van der Waals surface area contributed by atoms with Crippen LogP contribution in [0.4, 0.5) is 0 Å². The highest BCUT2D eigenvalue weighted by atomic mass is 16.5. The first-order valence-corrected chi connectivity index (χ1v) is 6.79. The molecule has 20 heavy (non-hydrogen) atoms. The fraction of sp³-hybridized carbons (Fsp3) is 0.533. The van der Waals surface area contributed by atoms with E-state index in [1.54, 1.807) is 38.3 Å². The van der Waals surface area contributed by atoms with Gasteiger partial charge in [-0.15, -0.1) is 0 Å². The van der Waals surface area contributed by atoms with Crippen molar-refractivity contribution in [2.75, 3.05) is 20.3 Å². The monoisotopic (exact) mass is 281 g/mol. The molecule has 0 aliphatic carbocycles. The summed E-state index contributed by atoms with van der Waals surface area (Å²) in [4.78, 5) is 11.7. The van der Waals surface area contributed by atoms with Gasteiger partial charge >= 0.3 is 0 Å². The van der Waals surface area contributed by atoms with Crippen molar-refractivity contribution in [3.63, 3.8) is 0 Å². The molecular weight excluding hydrogens is 258 g/mol. The van der Waals surface area contributed by atoms with Gasteiger partial charge in [0.25, 0.3) is 5.91 Å². The van der Waals surface area contributed by atoms with Crippen LogP contribution in [0.25, 0.3) is 0 Å². The van der Waals surface area contributed by atoms with Crippen LogP contribution in [0.3, 0.4) is 0 Å². The van der Waals surface area contributed by atoms with Crippen molar-refractivity contribution >= 4 is 5.91 Å². The van der Waals surface area contributed by atoms with Crippen molar-refractivity contribution in [2.24, 2.45) is 0 Å². The highest BCUT2D eigenvalue weighted by Gasteiger charge is 2.14. The Bertz CT molecular complexity index is 405. The van der Waals surface area contributed by atoms with Gasteiger partial charge in [0, 0.05) is 13.7 Å². The van der Waals surface area contributed by atoms with Crippen LogP contribution < -0.4 is 10.1 Å². The summed E-state index contributed by atoms with van der Waals surface area (Å²) in [7, 11) is 1.58. The van der Waals surface area contributed by atoms with Crippen LogP contribution in [0.5, 0.6) is 5.75 Å². The molecule has 0 heterocycles. The molecule has 1 rings (SSSR count). The average molecular weight is 281 g/mol. The molecule has 0 radical (unpaired) electrons. The normalized spacial score (nSPS) is 13.6. The van der Waals surface area contributed by atoms with Crippen molar-refractivity contribution in [3.05, 3.63) is 29.8 Å². The summed E-state index contributed by atoms with van der Waals surface area (Å²) in [6.07, 6.45) is -0.369. The molecule has 1 amide bonds. The lowest BCUT2D eigenvalue weighted by molar-refractivity contribution is -0.127. The van der Waals surface area contributed by atoms with Gasteiger partial charge in [-0.2, -0.15) is 0 Å². The van der Waals surface area contributed by atoms with Crippen molar-refractivity contribution in [1.29, 1.82) is 0 Å². The number of aliphatic hydroxyl groups excluding tert-OH is 1. The number of rotatable bonds is 8. The summed E-state index contributed by atoms with van der Waals surface area (Å²) < 4.78 is 10.4. The lowest BCUT2D eigenvalue weighted by Gasteiger charge is -2.15. The van der Waals surface area contributed by atoms with E-state index in [0.717, 1.165) is 5.56 Å². The number of benzene rings is 1. The quantitative estimate of drug-likeness (QED) is 0.711. The number of nitrogens with one attached hydrogen (secondary N) is 1. The van der Waals surface area contributed by atoms with E-state index in [-0.39, 0.29) is 5.91 Å². The van der Waals surface area contributed by atoms with Gasteiger partial charge in [0.2, 0.25) is 0 Å². The van der Waals surface area contributed by atoms with Gasteiger partial charge in [-0.05, 0) is 31.0 Å². The summed E-state index contributed by atoms with van der Waals surface area (Å²) in [6.45, 7) is 4.55. The predicted octanol–water partition coefficient (Wildman–Crippen LogP) is 1.66. The largest absolute Gasteiger partial charge is 0.481 e. The van der Waals surface area contributed by atoms with Crippen molar-refractivity contribution in [2.45, 2.75) is 32.5 Å². The van der Waals surface area contributed by atoms with E-state index in [1.807, 2.05) is 6.92 Å². The molecule has 2 atom stereocenters. The molecule has 2 N–H and O–H groups in total. The summed E-state index contributed by atoms with van der Waals surface area (Å²) in [6, 6.07) is 7.12. The number of aliphatic hydroxyl groups is 1. The molecule has 0 fully saturated rings. The molecule has 5 heteroatoms.